The zero-order chi connectivity index (χ0) is 13.0. The number of nitrogens with two attached hydrogens (primary N) is 1. The number of anilines is 2. The Bertz CT molecular complexity index is 416. The fourth-order valence-corrected chi connectivity index (χ4v) is 2.65. The van der Waals surface area contributed by atoms with Crippen molar-refractivity contribution >= 4 is 22.0 Å². The van der Waals surface area contributed by atoms with Crippen LogP contribution in [0.1, 0.15) is 32.6 Å². The van der Waals surface area contributed by atoms with Gasteiger partial charge in [0.05, 0.1) is 6.10 Å². The molecule has 2 N–H and O–H groups in total. The average Bonchev–Trinajstić information content (AvgIpc) is 2.59. The number of hydrogen-bond donors (Lipinski definition) is 1. The van der Waals surface area contributed by atoms with Gasteiger partial charge in [0.15, 0.2) is 5.75 Å². The molecule has 0 aliphatic rings. The molecular formula is C12H19N3OS. The molecule has 4 nitrogen and oxygen atoms in total. The van der Waals surface area contributed by atoms with E-state index < -0.39 is 0 Å². The van der Waals surface area contributed by atoms with E-state index in [1.807, 2.05) is 13.8 Å². The zero-order valence-corrected chi connectivity index (χ0v) is 11.6. The van der Waals surface area contributed by atoms with Gasteiger partial charge in [-0.1, -0.05) is 0 Å². The topological polar surface area (TPSA) is 62.3 Å². The van der Waals surface area contributed by atoms with Gasteiger partial charge in [-0.25, -0.2) is 0 Å². The molecule has 0 unspecified atom stereocenters. The second-order valence-corrected chi connectivity index (χ2v) is 4.93. The van der Waals surface area contributed by atoms with Crippen LogP contribution in [-0.2, 0) is 0 Å². The molecule has 1 aromatic rings. The molecule has 1 rings (SSSR count). The van der Waals surface area contributed by atoms with Gasteiger partial charge < -0.3 is 15.4 Å². The predicted octanol–water partition coefficient (Wildman–Crippen LogP) is 2.84. The van der Waals surface area contributed by atoms with Gasteiger partial charge >= 0.3 is 0 Å². The van der Waals surface area contributed by atoms with Crippen molar-refractivity contribution in [3.05, 3.63) is 4.88 Å². The van der Waals surface area contributed by atoms with Gasteiger partial charge in [0.1, 0.15) is 21.6 Å². The van der Waals surface area contributed by atoms with Crippen molar-refractivity contribution in [1.82, 2.24) is 0 Å². The highest BCUT2D eigenvalue weighted by Gasteiger charge is 2.21. The molecule has 5 heteroatoms. The smallest absolute Gasteiger partial charge is 0.178 e. The van der Waals surface area contributed by atoms with Crippen LogP contribution in [0, 0.1) is 11.3 Å². The van der Waals surface area contributed by atoms with Crippen molar-refractivity contribution < 1.29 is 4.74 Å². The summed E-state index contributed by atoms with van der Waals surface area (Å²) in [5.74, 6) is 0.658. The summed E-state index contributed by atoms with van der Waals surface area (Å²) < 4.78 is 5.74. The minimum absolute atomic E-state index is 0.0488. The number of nitrogens with zero attached hydrogens (tertiary/aromatic N) is 2. The van der Waals surface area contributed by atoms with Gasteiger partial charge in [-0.2, -0.15) is 5.26 Å². The van der Waals surface area contributed by atoms with Crippen LogP contribution in [0.15, 0.2) is 0 Å². The van der Waals surface area contributed by atoms with E-state index in [-0.39, 0.29) is 6.10 Å². The molecule has 0 saturated heterocycles. The highest BCUT2D eigenvalue weighted by molar-refractivity contribution is 7.17. The first-order valence-electron chi connectivity index (χ1n) is 5.79. The molecule has 0 bridgehead atoms. The molecule has 0 saturated carbocycles. The van der Waals surface area contributed by atoms with Crippen LogP contribution < -0.4 is 15.4 Å². The molecule has 0 fully saturated rings. The molecule has 0 amide bonds. The van der Waals surface area contributed by atoms with Crippen LogP contribution >= 0.6 is 11.3 Å². The van der Waals surface area contributed by atoms with Gasteiger partial charge in [0, 0.05) is 13.1 Å². The summed E-state index contributed by atoms with van der Waals surface area (Å²) in [5, 5.41) is 9.98. The van der Waals surface area contributed by atoms with Gasteiger partial charge in [0.2, 0.25) is 0 Å². The molecular weight excluding hydrogens is 234 g/mol. The Kier molecular flexibility index (Phi) is 4.64. The minimum Gasteiger partial charge on any atom is -0.486 e. The lowest BCUT2D eigenvalue weighted by atomic mass is 10.3. The fraction of sp³-hybridized carbons (Fsp3) is 0.583. The van der Waals surface area contributed by atoms with Gasteiger partial charge in [-0.3, -0.25) is 0 Å². The molecule has 1 heterocycles. The Morgan fingerprint density at radius 3 is 2.41 bits per heavy atom. The maximum atomic E-state index is 9.02. The third kappa shape index (κ3) is 2.83. The summed E-state index contributed by atoms with van der Waals surface area (Å²) >= 11 is 1.40. The van der Waals surface area contributed by atoms with E-state index >= 15 is 0 Å². The molecule has 0 atom stereocenters. The van der Waals surface area contributed by atoms with E-state index in [0.717, 1.165) is 18.1 Å². The number of hydrogen-bond acceptors (Lipinski definition) is 5. The maximum Gasteiger partial charge on any atom is 0.178 e. The first kappa shape index (κ1) is 13.7. The van der Waals surface area contributed by atoms with Gasteiger partial charge in [-0.05, 0) is 27.7 Å². The Balaban J connectivity index is 3.23. The van der Waals surface area contributed by atoms with Crippen LogP contribution in [0.4, 0.5) is 10.7 Å². The number of nitriles is 1. The van der Waals surface area contributed by atoms with Crippen LogP contribution in [0.5, 0.6) is 5.75 Å². The van der Waals surface area contributed by atoms with Gasteiger partial charge in [0.25, 0.3) is 0 Å². The summed E-state index contributed by atoms with van der Waals surface area (Å²) in [5.41, 5.74) is 6.41. The Morgan fingerprint density at radius 1 is 1.41 bits per heavy atom. The molecule has 0 spiro atoms. The van der Waals surface area contributed by atoms with Crippen molar-refractivity contribution in [2.75, 3.05) is 23.7 Å². The first-order chi connectivity index (χ1) is 8.04. The molecule has 0 aliphatic carbocycles. The van der Waals surface area contributed by atoms with Crippen LogP contribution in [-0.4, -0.2) is 19.2 Å². The first-order valence-corrected chi connectivity index (χ1v) is 6.60. The molecule has 1 aromatic heterocycles. The van der Waals surface area contributed by atoms with Crippen molar-refractivity contribution in [1.29, 1.82) is 5.26 Å². The quantitative estimate of drug-likeness (QED) is 0.876. The fourth-order valence-electron chi connectivity index (χ4n) is 1.57. The summed E-state index contributed by atoms with van der Waals surface area (Å²) in [6.45, 7) is 9.80. The third-order valence-electron chi connectivity index (χ3n) is 2.39. The predicted molar refractivity (Wildman–Crippen MR) is 72.8 cm³/mol. The van der Waals surface area contributed by atoms with Crippen molar-refractivity contribution in [2.45, 2.75) is 33.8 Å². The highest BCUT2D eigenvalue weighted by atomic mass is 32.1. The number of thiophene rings is 1. The monoisotopic (exact) mass is 253 g/mol. The van der Waals surface area contributed by atoms with Crippen LogP contribution in [0.3, 0.4) is 0 Å². The summed E-state index contributed by atoms with van der Waals surface area (Å²) in [7, 11) is 0. The maximum absolute atomic E-state index is 9.02. The van der Waals surface area contributed by atoms with E-state index in [9.17, 15) is 0 Å². The van der Waals surface area contributed by atoms with E-state index in [0.29, 0.717) is 16.3 Å². The Labute approximate surface area is 107 Å². The molecule has 0 radical (unpaired) electrons. The molecule has 17 heavy (non-hydrogen) atoms. The SMILES string of the molecule is CCN(CC)c1sc(C#N)c(N)c1OC(C)C. The Hall–Kier alpha value is -1.41. The largest absolute Gasteiger partial charge is 0.486 e. The Morgan fingerprint density at radius 2 is 2.00 bits per heavy atom. The lowest BCUT2D eigenvalue weighted by Gasteiger charge is -2.21. The van der Waals surface area contributed by atoms with Crippen molar-refractivity contribution in [2.24, 2.45) is 0 Å². The minimum atomic E-state index is 0.0488. The van der Waals surface area contributed by atoms with Crippen LogP contribution in [0.25, 0.3) is 0 Å². The van der Waals surface area contributed by atoms with Crippen molar-refractivity contribution in [3.8, 4) is 11.8 Å². The lowest BCUT2D eigenvalue weighted by Crippen LogP contribution is -2.22. The normalized spacial score (nSPS) is 10.4. The standard InChI is InChI=1S/C12H19N3OS/c1-5-15(6-2)12-11(16-8(3)4)10(14)9(7-13)17-12/h8H,5-6,14H2,1-4H3. The summed E-state index contributed by atoms with van der Waals surface area (Å²) in [6, 6.07) is 2.12. The zero-order valence-electron chi connectivity index (χ0n) is 10.8. The lowest BCUT2D eigenvalue weighted by molar-refractivity contribution is 0.245. The second-order valence-electron chi connectivity index (χ2n) is 3.93. The van der Waals surface area contributed by atoms with Crippen LogP contribution in [0.2, 0.25) is 0 Å². The number of rotatable bonds is 5. The van der Waals surface area contributed by atoms with Gasteiger partial charge in [-0.15, -0.1) is 11.3 Å². The van der Waals surface area contributed by atoms with E-state index in [4.69, 9.17) is 15.7 Å². The summed E-state index contributed by atoms with van der Waals surface area (Å²) in [4.78, 5) is 2.68. The molecule has 94 valence electrons. The average molecular weight is 253 g/mol. The number of nitrogen functional groups attached to an aromatic ring is 1. The van der Waals surface area contributed by atoms with E-state index in [1.165, 1.54) is 11.3 Å². The summed E-state index contributed by atoms with van der Waals surface area (Å²) in [6.07, 6.45) is 0.0488. The van der Waals surface area contributed by atoms with Crippen molar-refractivity contribution in [3.63, 3.8) is 0 Å². The van der Waals surface area contributed by atoms with E-state index in [1.54, 1.807) is 0 Å². The molecule has 0 aromatic carbocycles. The second kappa shape index (κ2) is 5.78. The van der Waals surface area contributed by atoms with E-state index in [2.05, 4.69) is 24.8 Å². The number of ether oxygens (including phenoxy) is 1. The third-order valence-corrected chi connectivity index (χ3v) is 3.54. The highest BCUT2D eigenvalue weighted by Crippen LogP contribution is 2.44. The molecule has 0 aliphatic heterocycles.